The Morgan fingerprint density at radius 1 is 0.935 bits per heavy atom. The maximum Gasteiger partial charge on any atom is 0.244 e. The van der Waals surface area contributed by atoms with Crippen molar-refractivity contribution in [2.24, 2.45) is 17.3 Å². The second-order valence-corrected chi connectivity index (χ2v) is 18.8. The minimum absolute atomic E-state index is 0.0628. The Kier molecular flexibility index (Phi) is 12.2. The van der Waals surface area contributed by atoms with Gasteiger partial charge in [-0.1, -0.05) is 70.4 Å². The molecule has 1 aliphatic heterocycles. The molecule has 2 aliphatic rings. The highest BCUT2D eigenvalue weighted by molar-refractivity contribution is 7.92. The number of hydrogen-bond acceptors (Lipinski definition) is 7. The van der Waals surface area contributed by atoms with E-state index in [1.54, 1.807) is 20.8 Å². The predicted molar refractivity (Wildman–Crippen MR) is 182 cm³/mol. The molecule has 3 unspecified atom stereocenters. The molecule has 10 nitrogen and oxygen atoms in total. The van der Waals surface area contributed by atoms with E-state index in [-0.39, 0.29) is 18.9 Å². The number of rotatable bonds is 11. The third-order valence-electron chi connectivity index (χ3n) is 9.68. The number of β-amino-alcohol motifs (C(OH)–C–C–N with tert-alkyl or cyclic N) is 1. The van der Waals surface area contributed by atoms with Crippen LogP contribution in [0.3, 0.4) is 0 Å². The van der Waals surface area contributed by atoms with Crippen LogP contribution in [0.25, 0.3) is 0 Å². The topological polar surface area (TPSA) is 145 Å². The number of benzene rings is 1. The average molecular weight is 663 g/mol. The molecule has 3 amide bonds. The Morgan fingerprint density at radius 2 is 1.52 bits per heavy atom. The van der Waals surface area contributed by atoms with Crippen molar-refractivity contribution in [2.75, 3.05) is 19.3 Å². The van der Waals surface area contributed by atoms with Gasteiger partial charge in [0.25, 0.3) is 0 Å². The summed E-state index contributed by atoms with van der Waals surface area (Å²) in [5, 5.41) is 20.6. The van der Waals surface area contributed by atoms with Gasteiger partial charge in [-0.05, 0) is 71.3 Å². The Balaban J connectivity index is 1.94. The van der Waals surface area contributed by atoms with Crippen molar-refractivity contribution < 1.29 is 27.9 Å². The molecule has 1 aromatic carbocycles. The van der Waals surface area contributed by atoms with Gasteiger partial charge in [0.1, 0.15) is 6.04 Å². The van der Waals surface area contributed by atoms with Gasteiger partial charge < -0.3 is 21.1 Å². The first-order valence-electron chi connectivity index (χ1n) is 16.7. The Hall–Kier alpha value is -2.50. The van der Waals surface area contributed by atoms with Gasteiger partial charge in [-0.15, -0.1) is 0 Å². The van der Waals surface area contributed by atoms with Crippen LogP contribution in [0.5, 0.6) is 0 Å². The zero-order valence-electron chi connectivity index (χ0n) is 29.4. The molecule has 1 heterocycles. The van der Waals surface area contributed by atoms with Gasteiger partial charge >= 0.3 is 0 Å². The second kappa shape index (κ2) is 14.7. The summed E-state index contributed by atoms with van der Waals surface area (Å²) in [6, 6.07) is 6.78. The SMILES string of the molecule is CC(C)(C)NC(=O)[C@@H]1C[C@@H]2CCCCC2CN1CC(O)C(Cc1ccccc1)NC(=O)[C@@H](NC(=O)C(C)(C)C)C(C)(C)S(C)(=O)=O. The molecule has 4 N–H and O–H groups in total. The van der Waals surface area contributed by atoms with Crippen LogP contribution in [0.1, 0.15) is 93.1 Å². The van der Waals surface area contributed by atoms with Crippen molar-refractivity contribution in [1.29, 1.82) is 0 Å². The van der Waals surface area contributed by atoms with Gasteiger partial charge in [0.05, 0.1) is 22.9 Å². The molecule has 1 saturated heterocycles. The van der Waals surface area contributed by atoms with Crippen molar-refractivity contribution >= 4 is 27.6 Å². The highest BCUT2D eigenvalue weighted by Crippen LogP contribution is 2.39. The molecule has 46 heavy (non-hydrogen) atoms. The first-order chi connectivity index (χ1) is 21.1. The number of sulfone groups is 1. The molecule has 0 aromatic heterocycles. The van der Waals surface area contributed by atoms with E-state index in [1.807, 2.05) is 51.1 Å². The number of aliphatic hydroxyl groups excluding tert-OH is 1. The number of nitrogens with one attached hydrogen (secondary N) is 3. The fourth-order valence-electron chi connectivity index (χ4n) is 6.53. The summed E-state index contributed by atoms with van der Waals surface area (Å²) in [7, 11) is -3.81. The zero-order chi connectivity index (χ0) is 34.7. The lowest BCUT2D eigenvalue weighted by Crippen LogP contribution is -2.64. The first kappa shape index (κ1) is 38.0. The average Bonchev–Trinajstić information content (AvgIpc) is 2.93. The predicted octanol–water partition coefficient (Wildman–Crippen LogP) is 3.22. The molecule has 6 atom stereocenters. The fourth-order valence-corrected chi connectivity index (χ4v) is 7.12. The van der Waals surface area contributed by atoms with Gasteiger partial charge in [-0.3, -0.25) is 19.3 Å². The van der Waals surface area contributed by atoms with Crippen LogP contribution in [-0.2, 0) is 30.6 Å². The normalized spacial score (nSPS) is 23.4. The maximum atomic E-state index is 14.0. The highest BCUT2D eigenvalue weighted by Gasteiger charge is 2.47. The molecule has 3 rings (SSSR count). The van der Waals surface area contributed by atoms with Crippen LogP contribution < -0.4 is 16.0 Å². The van der Waals surface area contributed by atoms with Crippen LogP contribution >= 0.6 is 0 Å². The lowest BCUT2D eigenvalue weighted by atomic mass is 9.72. The molecule has 0 radical (unpaired) electrons. The number of carbonyl (C=O) groups is 3. The van der Waals surface area contributed by atoms with Gasteiger partial charge in [0, 0.05) is 30.3 Å². The van der Waals surface area contributed by atoms with Crippen LogP contribution in [0.15, 0.2) is 30.3 Å². The van der Waals surface area contributed by atoms with E-state index in [2.05, 4.69) is 20.9 Å². The van der Waals surface area contributed by atoms with Crippen molar-refractivity contribution in [1.82, 2.24) is 20.9 Å². The molecule has 2 fully saturated rings. The van der Waals surface area contributed by atoms with Gasteiger partial charge in [0.2, 0.25) is 17.7 Å². The number of hydrogen-bond donors (Lipinski definition) is 4. The summed E-state index contributed by atoms with van der Waals surface area (Å²) in [5.74, 6) is -0.321. The Labute approximate surface area is 276 Å². The minimum Gasteiger partial charge on any atom is -0.390 e. The van der Waals surface area contributed by atoms with E-state index in [9.17, 15) is 27.9 Å². The number of likely N-dealkylation sites (tertiary alicyclic amines) is 1. The standard InChI is InChI=1S/C35H58N4O6S/c1-33(2,3)32(43)37-29(35(7,8)46(9,44)45)31(42)36-26(19-23-15-11-10-12-16-23)28(40)22-39-21-25-18-14-13-17-24(25)20-27(39)30(41)38-34(4,5)6/h10-12,15-16,24-29,40H,13-14,17-22H2,1-9H3,(H,36,42)(H,37,43)(H,38,41)/t24-,25?,26?,27-,28?,29+/m0/s1. The monoisotopic (exact) mass is 662 g/mol. The molecule has 260 valence electrons. The molecular weight excluding hydrogens is 604 g/mol. The smallest absolute Gasteiger partial charge is 0.244 e. The van der Waals surface area contributed by atoms with Gasteiger partial charge in [-0.2, -0.15) is 0 Å². The number of amides is 3. The number of aliphatic hydroxyl groups is 1. The molecular formula is C35H58N4O6S. The zero-order valence-corrected chi connectivity index (χ0v) is 30.2. The third-order valence-corrected chi connectivity index (χ3v) is 11.8. The first-order valence-corrected chi connectivity index (χ1v) is 18.6. The lowest BCUT2D eigenvalue weighted by molar-refractivity contribution is -0.135. The molecule has 1 saturated carbocycles. The summed E-state index contributed by atoms with van der Waals surface area (Å²) in [5.41, 5.74) is -0.409. The minimum atomic E-state index is -3.81. The van der Waals surface area contributed by atoms with Crippen molar-refractivity contribution in [2.45, 2.75) is 128 Å². The van der Waals surface area contributed by atoms with E-state index < -0.39 is 61.6 Å². The highest BCUT2D eigenvalue weighted by atomic mass is 32.2. The molecule has 11 heteroatoms. The summed E-state index contributed by atoms with van der Waals surface area (Å²) in [6.45, 7) is 14.6. The summed E-state index contributed by atoms with van der Waals surface area (Å²) in [4.78, 5) is 42.8. The maximum absolute atomic E-state index is 14.0. The third kappa shape index (κ3) is 10.0. The molecule has 1 aromatic rings. The van der Waals surface area contributed by atoms with Crippen LogP contribution in [0.2, 0.25) is 0 Å². The van der Waals surface area contributed by atoms with Crippen LogP contribution in [0, 0.1) is 17.3 Å². The quantitative estimate of drug-likeness (QED) is 0.285. The van der Waals surface area contributed by atoms with Crippen molar-refractivity contribution in [3.8, 4) is 0 Å². The van der Waals surface area contributed by atoms with Gasteiger partial charge in [0.15, 0.2) is 9.84 Å². The molecule has 1 aliphatic carbocycles. The van der Waals surface area contributed by atoms with E-state index in [1.165, 1.54) is 20.3 Å². The van der Waals surface area contributed by atoms with Crippen LogP contribution in [-0.4, -0.2) is 90.0 Å². The largest absolute Gasteiger partial charge is 0.390 e. The second-order valence-electron chi connectivity index (χ2n) is 16.2. The molecule has 0 spiro atoms. The van der Waals surface area contributed by atoms with Crippen molar-refractivity contribution in [3.05, 3.63) is 35.9 Å². The van der Waals surface area contributed by atoms with E-state index in [0.29, 0.717) is 18.4 Å². The summed E-state index contributed by atoms with van der Waals surface area (Å²) in [6.07, 6.45) is 5.46. The summed E-state index contributed by atoms with van der Waals surface area (Å²) < 4.78 is 24.1. The summed E-state index contributed by atoms with van der Waals surface area (Å²) >= 11 is 0. The van der Waals surface area contributed by atoms with E-state index >= 15 is 0 Å². The van der Waals surface area contributed by atoms with E-state index in [4.69, 9.17) is 0 Å². The number of nitrogens with zero attached hydrogens (tertiary/aromatic N) is 1. The number of piperidine rings is 1. The van der Waals surface area contributed by atoms with Gasteiger partial charge in [-0.25, -0.2) is 8.42 Å². The van der Waals surface area contributed by atoms with E-state index in [0.717, 1.165) is 37.5 Å². The lowest BCUT2D eigenvalue weighted by Gasteiger charge is -2.47. The Bertz CT molecular complexity index is 1320. The Morgan fingerprint density at radius 3 is 2.07 bits per heavy atom. The molecule has 0 bridgehead atoms. The number of carbonyl (C=O) groups excluding carboxylic acids is 3. The van der Waals surface area contributed by atoms with Crippen molar-refractivity contribution in [3.63, 3.8) is 0 Å². The number of fused-ring (bicyclic) bond motifs is 1. The van der Waals surface area contributed by atoms with Crippen LogP contribution in [0.4, 0.5) is 0 Å². The fraction of sp³-hybridized carbons (Fsp3) is 0.743.